The Morgan fingerprint density at radius 2 is 2.00 bits per heavy atom. The van der Waals surface area contributed by atoms with Crippen LogP contribution in [0.4, 0.5) is 5.82 Å². The molecule has 124 valence electrons. The lowest BCUT2D eigenvalue weighted by Gasteiger charge is -2.11. The van der Waals surface area contributed by atoms with E-state index in [-0.39, 0.29) is 11.6 Å². The number of nitrogens with one attached hydrogen (secondary N) is 1. The Hall–Kier alpha value is -3.09. The molecule has 2 heterocycles. The lowest BCUT2D eigenvalue weighted by atomic mass is 10.1. The van der Waals surface area contributed by atoms with Crippen LogP contribution in [-0.4, -0.2) is 23.1 Å². The van der Waals surface area contributed by atoms with Crippen molar-refractivity contribution in [2.45, 2.75) is 26.9 Å². The lowest BCUT2D eigenvalue weighted by molar-refractivity contribution is -0.123. The number of anilines is 1. The van der Waals surface area contributed by atoms with Crippen molar-refractivity contribution in [2.24, 2.45) is 0 Å². The first-order valence-corrected chi connectivity index (χ1v) is 7.39. The molecule has 0 aliphatic heterocycles. The first-order chi connectivity index (χ1) is 11.5. The second kappa shape index (κ2) is 6.19. The van der Waals surface area contributed by atoms with Crippen molar-refractivity contribution in [2.75, 3.05) is 5.32 Å². The van der Waals surface area contributed by atoms with E-state index in [1.165, 1.54) is 6.92 Å². The molecule has 2 aromatic heterocycles. The van der Waals surface area contributed by atoms with E-state index < -0.39 is 18.0 Å². The number of carbonyl (C=O) groups is 2. The minimum Gasteiger partial charge on any atom is -0.449 e. The average molecular weight is 328 g/mol. The molecular weight excluding hydrogens is 312 g/mol. The number of nitrogens with zero attached hydrogens (tertiary/aromatic N) is 1. The van der Waals surface area contributed by atoms with E-state index in [0.717, 1.165) is 5.39 Å². The van der Waals surface area contributed by atoms with Gasteiger partial charge in [0.15, 0.2) is 11.9 Å². The van der Waals surface area contributed by atoms with E-state index in [2.05, 4.69) is 10.5 Å². The molecule has 24 heavy (non-hydrogen) atoms. The summed E-state index contributed by atoms with van der Waals surface area (Å²) in [4.78, 5) is 24.3. The highest BCUT2D eigenvalue weighted by Gasteiger charge is 2.24. The lowest BCUT2D eigenvalue weighted by Crippen LogP contribution is -2.30. The first kappa shape index (κ1) is 15.8. The van der Waals surface area contributed by atoms with Gasteiger partial charge < -0.3 is 19.0 Å². The number of benzene rings is 1. The number of carbonyl (C=O) groups excluding carboxylic acids is 2. The second-order valence-corrected chi connectivity index (χ2v) is 5.41. The molecule has 1 atom stereocenters. The van der Waals surface area contributed by atoms with E-state index in [1.807, 2.05) is 18.2 Å². The number of ether oxygens (including phenoxy) is 1. The van der Waals surface area contributed by atoms with Crippen LogP contribution in [0.5, 0.6) is 0 Å². The number of esters is 1. The van der Waals surface area contributed by atoms with Gasteiger partial charge in [0.25, 0.3) is 5.91 Å². The largest absolute Gasteiger partial charge is 0.449 e. The van der Waals surface area contributed by atoms with E-state index >= 15 is 0 Å². The Bertz CT molecular complexity index is 909. The molecule has 0 bridgehead atoms. The molecule has 3 rings (SSSR count). The average Bonchev–Trinajstić information content (AvgIpc) is 3.11. The van der Waals surface area contributed by atoms with Crippen molar-refractivity contribution in [1.29, 1.82) is 0 Å². The summed E-state index contributed by atoms with van der Waals surface area (Å²) in [5.41, 5.74) is 1.27. The van der Waals surface area contributed by atoms with E-state index in [9.17, 15) is 9.59 Å². The molecule has 0 fully saturated rings. The normalized spacial score (nSPS) is 12.1. The van der Waals surface area contributed by atoms with E-state index in [0.29, 0.717) is 16.9 Å². The molecule has 1 amide bonds. The summed E-state index contributed by atoms with van der Waals surface area (Å²) in [5.74, 6) is -0.283. The predicted molar refractivity (Wildman–Crippen MR) is 85.7 cm³/mol. The smallest absolute Gasteiger partial charge is 0.375 e. The monoisotopic (exact) mass is 328 g/mol. The van der Waals surface area contributed by atoms with Crippen molar-refractivity contribution in [3.63, 3.8) is 0 Å². The van der Waals surface area contributed by atoms with Crippen LogP contribution in [0.15, 0.2) is 39.3 Å². The number of rotatable bonds is 4. The Morgan fingerprint density at radius 3 is 2.67 bits per heavy atom. The fourth-order valence-electron chi connectivity index (χ4n) is 2.29. The molecule has 3 aromatic rings. The van der Waals surface area contributed by atoms with Crippen LogP contribution < -0.4 is 5.32 Å². The number of hydrogen-bond donors (Lipinski definition) is 1. The van der Waals surface area contributed by atoms with Crippen LogP contribution in [0.1, 0.15) is 28.8 Å². The Labute approximate surface area is 137 Å². The van der Waals surface area contributed by atoms with Crippen molar-refractivity contribution in [1.82, 2.24) is 5.16 Å². The third kappa shape index (κ3) is 3.01. The van der Waals surface area contributed by atoms with Crippen molar-refractivity contribution in [3.8, 4) is 0 Å². The minimum atomic E-state index is -1.01. The van der Waals surface area contributed by atoms with Gasteiger partial charge in [0, 0.05) is 17.0 Å². The number of para-hydroxylation sites is 1. The van der Waals surface area contributed by atoms with Gasteiger partial charge in [-0.05, 0) is 26.8 Å². The van der Waals surface area contributed by atoms with Crippen LogP contribution in [0, 0.1) is 13.8 Å². The molecule has 0 spiro atoms. The molecule has 0 saturated heterocycles. The molecule has 0 aliphatic rings. The molecule has 1 N–H and O–H groups in total. The number of furan rings is 1. The van der Waals surface area contributed by atoms with Crippen molar-refractivity contribution < 1.29 is 23.3 Å². The predicted octanol–water partition coefficient (Wildman–Crippen LogP) is 3.22. The standard InChI is InChI=1S/C17H16N2O5/c1-9-8-14(19-24-9)18-16(20)11(3)22-17(21)15-10(2)12-6-4-5-7-13(12)23-15/h4-8,11H,1-3H3,(H,18,19,20). The summed E-state index contributed by atoms with van der Waals surface area (Å²) < 4.78 is 15.6. The summed E-state index contributed by atoms with van der Waals surface area (Å²) in [6.07, 6.45) is -1.01. The van der Waals surface area contributed by atoms with Crippen molar-refractivity contribution in [3.05, 3.63) is 47.4 Å². The van der Waals surface area contributed by atoms with Gasteiger partial charge in [0.1, 0.15) is 11.3 Å². The highest BCUT2D eigenvalue weighted by molar-refractivity contribution is 5.99. The highest BCUT2D eigenvalue weighted by atomic mass is 16.6. The summed E-state index contributed by atoms with van der Waals surface area (Å²) in [7, 11) is 0. The summed E-state index contributed by atoms with van der Waals surface area (Å²) >= 11 is 0. The number of aryl methyl sites for hydroxylation is 2. The van der Waals surface area contributed by atoms with E-state index in [4.69, 9.17) is 13.7 Å². The topological polar surface area (TPSA) is 94.6 Å². The van der Waals surface area contributed by atoms with Gasteiger partial charge in [-0.25, -0.2) is 4.79 Å². The van der Waals surface area contributed by atoms with Gasteiger partial charge in [-0.2, -0.15) is 0 Å². The number of fused-ring (bicyclic) bond motifs is 1. The zero-order chi connectivity index (χ0) is 17.3. The molecule has 7 heteroatoms. The van der Waals surface area contributed by atoms with Crippen molar-refractivity contribution >= 4 is 28.7 Å². The summed E-state index contributed by atoms with van der Waals surface area (Å²) in [6, 6.07) is 8.86. The first-order valence-electron chi connectivity index (χ1n) is 7.39. The SMILES string of the molecule is Cc1cc(NC(=O)C(C)OC(=O)c2oc3ccccc3c2C)no1. The number of amides is 1. The zero-order valence-corrected chi connectivity index (χ0v) is 13.5. The second-order valence-electron chi connectivity index (χ2n) is 5.41. The molecule has 0 radical (unpaired) electrons. The Kier molecular flexibility index (Phi) is 4.07. The fourth-order valence-corrected chi connectivity index (χ4v) is 2.29. The molecular formula is C17H16N2O5. The van der Waals surface area contributed by atoms with Crippen LogP contribution >= 0.6 is 0 Å². The minimum absolute atomic E-state index is 0.0909. The Morgan fingerprint density at radius 1 is 1.25 bits per heavy atom. The summed E-state index contributed by atoms with van der Waals surface area (Å²) in [5, 5.41) is 6.99. The van der Waals surface area contributed by atoms with Gasteiger partial charge in [0.05, 0.1) is 0 Å². The van der Waals surface area contributed by atoms with Gasteiger partial charge in [-0.15, -0.1) is 0 Å². The molecule has 1 unspecified atom stereocenters. The molecule has 1 aromatic carbocycles. The van der Waals surface area contributed by atoms with Gasteiger partial charge in [0.2, 0.25) is 5.76 Å². The number of hydrogen-bond acceptors (Lipinski definition) is 6. The highest BCUT2D eigenvalue weighted by Crippen LogP contribution is 2.25. The molecule has 0 aliphatic carbocycles. The van der Waals surface area contributed by atoms with E-state index in [1.54, 1.807) is 26.0 Å². The molecule has 0 saturated carbocycles. The van der Waals surface area contributed by atoms with Gasteiger partial charge in [-0.3, -0.25) is 4.79 Å². The molecule has 7 nitrogen and oxygen atoms in total. The Balaban J connectivity index is 1.71. The van der Waals surface area contributed by atoms with Crippen LogP contribution in [0.25, 0.3) is 11.0 Å². The third-order valence-electron chi connectivity index (χ3n) is 3.56. The maximum Gasteiger partial charge on any atom is 0.375 e. The van der Waals surface area contributed by atoms with Gasteiger partial charge >= 0.3 is 5.97 Å². The number of aromatic nitrogens is 1. The summed E-state index contributed by atoms with van der Waals surface area (Å²) in [6.45, 7) is 4.94. The van der Waals surface area contributed by atoms with Crippen LogP contribution in [0.2, 0.25) is 0 Å². The third-order valence-corrected chi connectivity index (χ3v) is 3.56. The zero-order valence-electron chi connectivity index (χ0n) is 13.5. The fraction of sp³-hybridized carbons (Fsp3) is 0.235. The maximum atomic E-state index is 12.3. The van der Waals surface area contributed by atoms with Crippen LogP contribution in [0.3, 0.4) is 0 Å². The quantitative estimate of drug-likeness (QED) is 0.739. The van der Waals surface area contributed by atoms with Crippen LogP contribution in [-0.2, 0) is 9.53 Å². The maximum absolute atomic E-state index is 12.3. The van der Waals surface area contributed by atoms with Gasteiger partial charge in [-0.1, -0.05) is 23.4 Å².